The number of carbonyl (C=O) groups is 1. The summed E-state index contributed by atoms with van der Waals surface area (Å²) in [6.07, 6.45) is 10.6. The van der Waals surface area contributed by atoms with Crippen molar-refractivity contribution in [2.24, 2.45) is 5.41 Å². The van der Waals surface area contributed by atoms with Crippen LogP contribution in [0.3, 0.4) is 0 Å². The average molecular weight is 473 g/mol. The lowest BCUT2D eigenvalue weighted by Gasteiger charge is -2.44. The highest BCUT2D eigenvalue weighted by molar-refractivity contribution is 5.77. The fourth-order valence-corrected chi connectivity index (χ4v) is 5.61. The molecule has 1 spiro atoms. The Morgan fingerprint density at radius 3 is 2.54 bits per heavy atom. The summed E-state index contributed by atoms with van der Waals surface area (Å²) < 4.78 is 7.82. The van der Waals surface area contributed by atoms with E-state index in [2.05, 4.69) is 46.4 Å². The fraction of sp³-hybridized carbons (Fsp3) is 0.448. The zero-order chi connectivity index (χ0) is 24.1. The minimum absolute atomic E-state index is 0.0689. The molecule has 1 aromatic heterocycles. The largest absolute Gasteiger partial charge is 0.483 e. The molecule has 0 atom stereocenters. The maximum absolute atomic E-state index is 12.9. The maximum Gasteiger partial charge on any atom is 0.260 e. The van der Waals surface area contributed by atoms with Gasteiger partial charge < -0.3 is 9.64 Å². The van der Waals surface area contributed by atoms with E-state index < -0.39 is 0 Å². The number of aryl methyl sites for hydroxylation is 1. The van der Waals surface area contributed by atoms with E-state index >= 15 is 0 Å². The number of likely N-dealkylation sites (tertiary alicyclic amines) is 1. The van der Waals surface area contributed by atoms with E-state index in [1.165, 1.54) is 24.0 Å². The first-order valence-corrected chi connectivity index (χ1v) is 12.9. The molecule has 0 aliphatic carbocycles. The molecular formula is C29H36N4O2. The first-order chi connectivity index (χ1) is 17.1. The molecule has 1 amide bonds. The molecule has 3 aromatic rings. The molecule has 3 heterocycles. The van der Waals surface area contributed by atoms with Crippen molar-refractivity contribution in [1.82, 2.24) is 19.6 Å². The number of nitrogens with zero attached hydrogens (tertiary/aromatic N) is 4. The number of piperidine rings is 1. The van der Waals surface area contributed by atoms with Crippen molar-refractivity contribution in [3.05, 3.63) is 78.1 Å². The summed E-state index contributed by atoms with van der Waals surface area (Å²) in [5, 5.41) is 4.31. The first kappa shape index (κ1) is 23.6. The lowest BCUT2D eigenvalue weighted by molar-refractivity contribution is -0.134. The summed E-state index contributed by atoms with van der Waals surface area (Å²) in [6.45, 7) is 4.05. The smallest absolute Gasteiger partial charge is 0.260 e. The Morgan fingerprint density at radius 2 is 1.77 bits per heavy atom. The molecule has 0 N–H and O–H groups in total. The molecule has 2 aliphatic rings. The van der Waals surface area contributed by atoms with Crippen LogP contribution in [0.25, 0.3) is 5.69 Å². The Morgan fingerprint density at radius 1 is 0.971 bits per heavy atom. The monoisotopic (exact) mass is 472 g/mol. The van der Waals surface area contributed by atoms with Gasteiger partial charge in [0.15, 0.2) is 6.61 Å². The number of hydrogen-bond acceptors (Lipinski definition) is 4. The van der Waals surface area contributed by atoms with E-state index in [1.54, 1.807) is 6.20 Å². The number of likely N-dealkylation sites (N-methyl/N-ethyl adjacent to an activating group) is 1. The molecule has 1 fully saturated rings. The minimum Gasteiger partial charge on any atom is -0.483 e. The second kappa shape index (κ2) is 10.6. The number of fused-ring (bicyclic) bond motifs is 1. The number of para-hydroxylation sites is 1. The van der Waals surface area contributed by atoms with Gasteiger partial charge in [-0.05, 0) is 86.0 Å². The van der Waals surface area contributed by atoms with E-state index in [9.17, 15) is 4.79 Å². The number of benzene rings is 2. The highest BCUT2D eigenvalue weighted by Crippen LogP contribution is 2.38. The van der Waals surface area contributed by atoms with Crippen LogP contribution in [0.2, 0.25) is 0 Å². The zero-order valence-electron chi connectivity index (χ0n) is 20.7. The van der Waals surface area contributed by atoms with Gasteiger partial charge in [0.25, 0.3) is 5.91 Å². The highest BCUT2D eigenvalue weighted by Gasteiger charge is 2.36. The fourth-order valence-electron chi connectivity index (χ4n) is 5.61. The van der Waals surface area contributed by atoms with Crippen molar-refractivity contribution in [1.29, 1.82) is 0 Å². The number of carbonyl (C=O) groups excluding carboxylic acids is 1. The van der Waals surface area contributed by atoms with E-state index in [0.717, 1.165) is 63.3 Å². The van der Waals surface area contributed by atoms with E-state index in [4.69, 9.17) is 4.74 Å². The normalized spacial score (nSPS) is 19.5. The molecule has 2 aromatic carbocycles. The molecule has 0 unspecified atom stereocenters. The van der Waals surface area contributed by atoms with Gasteiger partial charge in [0, 0.05) is 32.5 Å². The topological polar surface area (TPSA) is 50.6 Å². The van der Waals surface area contributed by atoms with Gasteiger partial charge in [-0.1, -0.05) is 36.8 Å². The van der Waals surface area contributed by atoms with Gasteiger partial charge in [0.1, 0.15) is 5.75 Å². The van der Waals surface area contributed by atoms with Crippen LogP contribution in [-0.2, 0) is 17.8 Å². The van der Waals surface area contributed by atoms with Crippen LogP contribution < -0.4 is 4.74 Å². The zero-order valence-corrected chi connectivity index (χ0v) is 20.7. The standard InChI is InChI=1S/C29H36N4O2/c1-31-23-29(14-5-4-8-25-7-2-3-9-27(25)35-22-28(31)34)15-19-32(20-16-29)21-24-10-12-26(13-11-24)33-18-6-17-30-33/h2-3,6-7,9-13,17-18H,4-5,8,14-16,19-23H2,1H3. The van der Waals surface area contributed by atoms with Crippen molar-refractivity contribution in [3.63, 3.8) is 0 Å². The van der Waals surface area contributed by atoms with Crippen molar-refractivity contribution in [2.45, 2.75) is 45.1 Å². The van der Waals surface area contributed by atoms with Crippen LogP contribution in [0.5, 0.6) is 5.75 Å². The van der Waals surface area contributed by atoms with Crippen LogP contribution in [0.4, 0.5) is 0 Å². The van der Waals surface area contributed by atoms with Gasteiger partial charge >= 0.3 is 0 Å². The second-order valence-electron chi connectivity index (χ2n) is 10.2. The maximum atomic E-state index is 12.9. The van der Waals surface area contributed by atoms with Gasteiger partial charge in [-0.3, -0.25) is 9.69 Å². The van der Waals surface area contributed by atoms with Gasteiger partial charge in [-0.15, -0.1) is 0 Å². The number of rotatable bonds is 3. The molecule has 6 nitrogen and oxygen atoms in total. The van der Waals surface area contributed by atoms with Crippen molar-refractivity contribution >= 4 is 5.91 Å². The van der Waals surface area contributed by atoms with Crippen molar-refractivity contribution in [3.8, 4) is 11.4 Å². The Labute approximate surface area is 208 Å². The third kappa shape index (κ3) is 5.76. The second-order valence-corrected chi connectivity index (χ2v) is 10.2. The Balaban J connectivity index is 1.20. The Hall–Kier alpha value is -3.12. The summed E-state index contributed by atoms with van der Waals surface area (Å²) >= 11 is 0. The molecule has 0 bridgehead atoms. The highest BCUT2D eigenvalue weighted by atomic mass is 16.5. The molecule has 2 aliphatic heterocycles. The first-order valence-electron chi connectivity index (χ1n) is 12.9. The molecule has 184 valence electrons. The number of amides is 1. The van der Waals surface area contributed by atoms with E-state index in [0.29, 0.717) is 0 Å². The average Bonchev–Trinajstić information content (AvgIpc) is 3.42. The molecule has 6 heteroatoms. The van der Waals surface area contributed by atoms with Crippen LogP contribution in [0.15, 0.2) is 67.0 Å². The molecule has 35 heavy (non-hydrogen) atoms. The predicted molar refractivity (Wildman–Crippen MR) is 138 cm³/mol. The number of ether oxygens (including phenoxy) is 1. The summed E-state index contributed by atoms with van der Waals surface area (Å²) in [5.74, 6) is 0.926. The molecule has 0 saturated carbocycles. The van der Waals surface area contributed by atoms with Gasteiger partial charge in [-0.25, -0.2) is 4.68 Å². The quantitative estimate of drug-likeness (QED) is 0.554. The van der Waals surface area contributed by atoms with E-state index in [-0.39, 0.29) is 17.9 Å². The minimum atomic E-state index is 0.0689. The van der Waals surface area contributed by atoms with Crippen LogP contribution in [-0.4, -0.2) is 58.8 Å². The van der Waals surface area contributed by atoms with Gasteiger partial charge in [0.2, 0.25) is 0 Å². The lowest BCUT2D eigenvalue weighted by Crippen LogP contribution is -2.47. The Kier molecular flexibility index (Phi) is 7.19. The van der Waals surface area contributed by atoms with E-state index in [1.807, 2.05) is 41.0 Å². The van der Waals surface area contributed by atoms with Crippen LogP contribution in [0.1, 0.15) is 43.2 Å². The summed E-state index contributed by atoms with van der Waals surface area (Å²) in [6, 6.07) is 18.8. The third-order valence-electron chi connectivity index (χ3n) is 7.75. The van der Waals surface area contributed by atoms with Crippen molar-refractivity contribution in [2.75, 3.05) is 33.3 Å². The molecule has 1 saturated heterocycles. The molecule has 0 radical (unpaired) electrons. The van der Waals surface area contributed by atoms with Crippen LogP contribution in [0, 0.1) is 5.41 Å². The predicted octanol–water partition coefficient (Wildman–Crippen LogP) is 4.72. The number of aromatic nitrogens is 2. The summed E-state index contributed by atoms with van der Waals surface area (Å²) in [4.78, 5) is 17.3. The molecular weight excluding hydrogens is 436 g/mol. The van der Waals surface area contributed by atoms with Gasteiger partial charge in [0.05, 0.1) is 5.69 Å². The SMILES string of the molecule is CN1CC2(CCCCc3ccccc3OCC1=O)CCN(Cc1ccc(-n3cccn3)cc1)CC2. The molecule has 5 rings (SSSR count). The van der Waals surface area contributed by atoms with Crippen LogP contribution >= 0.6 is 0 Å². The van der Waals surface area contributed by atoms with Gasteiger partial charge in [-0.2, -0.15) is 5.10 Å². The third-order valence-corrected chi connectivity index (χ3v) is 7.75. The summed E-state index contributed by atoms with van der Waals surface area (Å²) in [5.41, 5.74) is 3.83. The lowest BCUT2D eigenvalue weighted by atomic mass is 9.73. The Bertz CT molecular complexity index is 1100. The number of hydrogen-bond donors (Lipinski definition) is 0. The summed E-state index contributed by atoms with van der Waals surface area (Å²) in [7, 11) is 1.94. The van der Waals surface area contributed by atoms with Crippen molar-refractivity contribution < 1.29 is 9.53 Å².